The summed E-state index contributed by atoms with van der Waals surface area (Å²) in [6.45, 7) is -1.61. The molecule has 3 aromatic rings. The van der Waals surface area contributed by atoms with Gasteiger partial charge in [0, 0.05) is 23.7 Å². The molecule has 11 nitrogen and oxygen atoms in total. The summed E-state index contributed by atoms with van der Waals surface area (Å²) >= 11 is 0. The first-order valence-corrected chi connectivity index (χ1v) is 15.9. The molecule has 3 aromatic carbocycles. The van der Waals surface area contributed by atoms with Crippen LogP contribution >= 0.6 is 0 Å². The number of anilines is 1. The van der Waals surface area contributed by atoms with Gasteiger partial charge in [-0.1, -0.05) is 30.3 Å². The topological polar surface area (TPSA) is 136 Å². The summed E-state index contributed by atoms with van der Waals surface area (Å²) in [6, 6.07) is 11.0. The lowest BCUT2D eigenvalue weighted by Crippen LogP contribution is -2.49. The number of ether oxygens (including phenoxy) is 4. The molecular formula is C34H34F8N4O7. The van der Waals surface area contributed by atoms with Crippen molar-refractivity contribution in [1.29, 1.82) is 0 Å². The average Bonchev–Trinajstić information content (AvgIpc) is 3.09. The summed E-state index contributed by atoms with van der Waals surface area (Å²) < 4.78 is 125. The lowest BCUT2D eigenvalue weighted by atomic mass is 9.84. The van der Waals surface area contributed by atoms with Crippen LogP contribution in [-0.4, -0.2) is 82.2 Å². The van der Waals surface area contributed by atoms with Crippen LogP contribution in [0.25, 0.3) is 0 Å². The van der Waals surface area contributed by atoms with Gasteiger partial charge in [0.05, 0.1) is 25.9 Å². The molecule has 4 rings (SSSR count). The molecule has 0 saturated carbocycles. The highest BCUT2D eigenvalue weighted by Crippen LogP contribution is 2.34. The predicted octanol–water partition coefficient (Wildman–Crippen LogP) is 5.94. The third kappa shape index (κ3) is 12.8. The number of benzene rings is 3. The Morgan fingerprint density at radius 1 is 0.943 bits per heavy atom. The van der Waals surface area contributed by atoms with Crippen LogP contribution in [0.1, 0.15) is 29.0 Å². The second-order valence-electron chi connectivity index (χ2n) is 11.7. The minimum absolute atomic E-state index is 0.00130. The Labute approximate surface area is 297 Å². The molecule has 4 atom stereocenters. The molecule has 0 unspecified atom stereocenters. The number of rotatable bonds is 13. The molecule has 0 aromatic heterocycles. The van der Waals surface area contributed by atoms with E-state index in [1.807, 2.05) is 0 Å². The van der Waals surface area contributed by atoms with Crippen molar-refractivity contribution < 1.29 is 68.5 Å². The zero-order valence-corrected chi connectivity index (χ0v) is 27.8. The Balaban J connectivity index is 1.50. The zero-order chi connectivity index (χ0) is 38.8. The van der Waals surface area contributed by atoms with Crippen molar-refractivity contribution in [2.24, 2.45) is 0 Å². The maximum Gasteiger partial charge on any atom is 0.573 e. The first-order valence-electron chi connectivity index (χ1n) is 15.9. The third-order valence-corrected chi connectivity index (χ3v) is 7.86. The van der Waals surface area contributed by atoms with E-state index < -0.39 is 78.7 Å². The monoisotopic (exact) mass is 762 g/mol. The van der Waals surface area contributed by atoms with Crippen molar-refractivity contribution in [3.8, 4) is 5.75 Å². The molecule has 4 N–H and O–H groups in total. The van der Waals surface area contributed by atoms with Crippen molar-refractivity contribution >= 4 is 23.8 Å². The normalized spacial score (nSPS) is 17.2. The van der Waals surface area contributed by atoms with Gasteiger partial charge in [0.25, 0.3) is 0 Å². The van der Waals surface area contributed by atoms with E-state index in [0.717, 1.165) is 37.4 Å². The van der Waals surface area contributed by atoms with E-state index in [9.17, 15) is 45.1 Å². The molecule has 0 radical (unpaired) electrons. The Hall–Kier alpha value is -5.17. The lowest BCUT2D eigenvalue weighted by molar-refractivity contribution is -0.274. The van der Waals surface area contributed by atoms with Crippen LogP contribution in [0.3, 0.4) is 0 Å². The first-order chi connectivity index (χ1) is 25.0. The fourth-order valence-electron chi connectivity index (χ4n) is 5.44. The number of nitrogens with one attached hydrogen (secondary N) is 4. The number of alkyl carbamates (subject to hydrolysis) is 2. The molecule has 19 heteroatoms. The highest BCUT2D eigenvalue weighted by molar-refractivity contribution is 5.98. The standard InChI is InChI=1S/C34H34F8N4O7/c1-50-32(49)46-29(28(19-8-10-21(35)11-9-19)20-4-2-5-23(14-20)53-34(40,41)42)30(47)45-27-7-3-6-26(36)25(27)13-12-24-15-43-22(16-51-24)17-52-31(48)44-18-33(37,38)39/h2-11,14,22,24,28-29,43H,12-13,15-18H2,1H3,(H,44,48)(H,45,47)(H,46,49)/t22-,24+,28-,29-/m0/s1. The minimum atomic E-state index is -5.05. The molecule has 3 amide bonds. The van der Waals surface area contributed by atoms with Crippen molar-refractivity contribution in [2.45, 2.75) is 49.5 Å². The number of alkyl halides is 6. The number of carbonyl (C=O) groups excluding carboxylic acids is 3. The Kier molecular flexibility index (Phi) is 13.8. The van der Waals surface area contributed by atoms with Crippen LogP contribution in [0.15, 0.2) is 66.7 Å². The summed E-state index contributed by atoms with van der Waals surface area (Å²) in [6.07, 6.45) is -12.2. The van der Waals surface area contributed by atoms with E-state index in [1.165, 1.54) is 36.4 Å². The Morgan fingerprint density at radius 2 is 1.66 bits per heavy atom. The fourth-order valence-corrected chi connectivity index (χ4v) is 5.44. The number of amides is 3. The fraction of sp³-hybridized carbons (Fsp3) is 0.382. The van der Waals surface area contributed by atoms with Gasteiger partial charge in [0.15, 0.2) is 0 Å². The van der Waals surface area contributed by atoms with Gasteiger partial charge in [-0.05, 0) is 60.4 Å². The van der Waals surface area contributed by atoms with E-state index in [1.54, 1.807) is 5.32 Å². The van der Waals surface area contributed by atoms with Crippen molar-refractivity contribution in [1.82, 2.24) is 16.0 Å². The highest BCUT2D eigenvalue weighted by atomic mass is 19.4. The maximum absolute atomic E-state index is 15.2. The summed E-state index contributed by atoms with van der Waals surface area (Å²) in [5.74, 6) is -4.17. The Bertz CT molecular complexity index is 1700. The van der Waals surface area contributed by atoms with Crippen LogP contribution in [0, 0.1) is 11.6 Å². The molecule has 1 heterocycles. The number of hydrogen-bond donors (Lipinski definition) is 4. The second kappa shape index (κ2) is 18.0. The number of morpholine rings is 1. The molecule has 1 saturated heterocycles. The van der Waals surface area contributed by atoms with Crippen molar-refractivity contribution in [3.05, 3.63) is 95.1 Å². The van der Waals surface area contributed by atoms with E-state index in [0.29, 0.717) is 0 Å². The number of hydrogen-bond acceptors (Lipinski definition) is 8. The molecule has 1 aliphatic rings. The first kappa shape index (κ1) is 40.6. The summed E-state index contributed by atoms with van der Waals surface area (Å²) in [5.41, 5.74) is 0.312. The van der Waals surface area contributed by atoms with Gasteiger partial charge in [-0.15, -0.1) is 13.2 Å². The molecule has 1 aliphatic heterocycles. The Morgan fingerprint density at radius 3 is 2.30 bits per heavy atom. The van der Waals surface area contributed by atoms with E-state index in [4.69, 9.17) is 14.2 Å². The van der Waals surface area contributed by atoms with Crippen LogP contribution in [-0.2, 0) is 25.4 Å². The molecule has 53 heavy (non-hydrogen) atoms. The van der Waals surface area contributed by atoms with E-state index in [2.05, 4.69) is 20.7 Å². The minimum Gasteiger partial charge on any atom is -0.453 e. The van der Waals surface area contributed by atoms with Gasteiger partial charge in [-0.3, -0.25) is 4.79 Å². The van der Waals surface area contributed by atoms with Gasteiger partial charge in [0.1, 0.15) is 36.6 Å². The largest absolute Gasteiger partial charge is 0.573 e. The molecule has 0 spiro atoms. The second-order valence-corrected chi connectivity index (χ2v) is 11.7. The van der Waals surface area contributed by atoms with Crippen LogP contribution < -0.4 is 26.0 Å². The summed E-state index contributed by atoms with van der Waals surface area (Å²) in [7, 11) is 1.02. The molecule has 288 valence electrons. The van der Waals surface area contributed by atoms with Crippen molar-refractivity contribution in [3.63, 3.8) is 0 Å². The maximum atomic E-state index is 15.2. The molecule has 0 bridgehead atoms. The zero-order valence-electron chi connectivity index (χ0n) is 27.8. The van der Waals surface area contributed by atoms with Crippen LogP contribution in [0.4, 0.5) is 50.4 Å². The molecule has 1 fully saturated rings. The van der Waals surface area contributed by atoms with E-state index in [-0.39, 0.29) is 55.0 Å². The lowest BCUT2D eigenvalue weighted by Gasteiger charge is -2.30. The molecule has 0 aliphatic carbocycles. The smallest absolute Gasteiger partial charge is 0.453 e. The SMILES string of the molecule is COC(=O)N[C@H](C(=O)Nc1cccc(F)c1CC[C@@H]1CN[C@H](COC(=O)NCC(F)(F)F)CO1)[C@@H](c1ccc(F)cc1)c1cccc(OC(F)(F)F)c1. The quantitative estimate of drug-likeness (QED) is 0.157. The van der Waals surface area contributed by atoms with Crippen molar-refractivity contribution in [2.75, 3.05) is 38.7 Å². The van der Waals surface area contributed by atoms with E-state index >= 15 is 4.39 Å². The summed E-state index contributed by atoms with van der Waals surface area (Å²) in [4.78, 5) is 38.0. The highest BCUT2D eigenvalue weighted by Gasteiger charge is 2.36. The van der Waals surface area contributed by atoms with Gasteiger partial charge >= 0.3 is 24.7 Å². The number of carbonyl (C=O) groups is 3. The molecular weight excluding hydrogens is 728 g/mol. The summed E-state index contributed by atoms with van der Waals surface area (Å²) in [5, 5.41) is 9.59. The predicted molar refractivity (Wildman–Crippen MR) is 171 cm³/mol. The van der Waals surface area contributed by atoms with Gasteiger partial charge in [-0.2, -0.15) is 13.2 Å². The van der Waals surface area contributed by atoms with Crippen LogP contribution in [0.5, 0.6) is 5.75 Å². The number of methoxy groups -OCH3 is 1. The third-order valence-electron chi connectivity index (χ3n) is 7.86. The van der Waals surface area contributed by atoms with Gasteiger partial charge in [-0.25, -0.2) is 18.4 Å². The van der Waals surface area contributed by atoms with Gasteiger partial charge < -0.3 is 40.2 Å². The van der Waals surface area contributed by atoms with Crippen LogP contribution in [0.2, 0.25) is 0 Å². The van der Waals surface area contributed by atoms with Gasteiger partial charge in [0.2, 0.25) is 5.91 Å². The number of halogens is 8. The average molecular weight is 763 g/mol.